The third kappa shape index (κ3) is 7.43. The van der Waals surface area contributed by atoms with Crippen molar-refractivity contribution in [1.29, 1.82) is 0 Å². The molecule has 3 rings (SSSR count). The minimum Gasteiger partial charge on any atom is -0.481 e. The Morgan fingerprint density at radius 2 is 1.76 bits per heavy atom. The van der Waals surface area contributed by atoms with Crippen LogP contribution in [-0.4, -0.2) is 54.0 Å². The van der Waals surface area contributed by atoms with Crippen molar-refractivity contribution in [2.75, 3.05) is 26.2 Å². The minimum absolute atomic E-state index is 0.00620. The van der Waals surface area contributed by atoms with Crippen molar-refractivity contribution in [2.24, 2.45) is 0 Å². The number of benzene rings is 2. The van der Waals surface area contributed by atoms with Gasteiger partial charge in [-0.05, 0) is 50.7 Å². The molecule has 1 atom stereocenters. The fourth-order valence-electron chi connectivity index (χ4n) is 3.53. The van der Waals surface area contributed by atoms with Crippen LogP contribution < -0.4 is 4.74 Å². The lowest BCUT2D eigenvalue weighted by Crippen LogP contribution is -2.28. The first-order valence-electron chi connectivity index (χ1n) is 11.2. The van der Waals surface area contributed by atoms with Crippen LogP contribution in [0, 0.1) is 6.92 Å². The number of ketones is 1. The monoisotopic (exact) mass is 455 g/mol. The molecule has 0 aliphatic carbocycles. The van der Waals surface area contributed by atoms with Crippen molar-refractivity contribution in [1.82, 2.24) is 4.90 Å². The molecule has 0 bridgehead atoms. The van der Waals surface area contributed by atoms with Gasteiger partial charge in [0.05, 0.1) is 11.5 Å². The number of aryl methyl sites for hydroxylation is 1. The van der Waals surface area contributed by atoms with Crippen LogP contribution in [0.2, 0.25) is 0 Å². The van der Waals surface area contributed by atoms with Gasteiger partial charge in [-0.25, -0.2) is 0 Å². The number of nitrogens with zero attached hydrogens (tertiary/aromatic N) is 1. The van der Waals surface area contributed by atoms with Crippen LogP contribution >= 0.6 is 0 Å². The van der Waals surface area contributed by atoms with Crippen LogP contribution in [-0.2, 0) is 20.7 Å². The SMILES string of the molecule is CC(=O)O.CCN(CC)CCOC(=O)C(C)c1ccc2c(c1)C(=O)Cc1cc(C)ccc1O2. The van der Waals surface area contributed by atoms with E-state index in [2.05, 4.69) is 18.7 Å². The largest absolute Gasteiger partial charge is 0.481 e. The van der Waals surface area contributed by atoms with Gasteiger partial charge in [-0.1, -0.05) is 37.6 Å². The van der Waals surface area contributed by atoms with E-state index in [1.807, 2.05) is 38.1 Å². The Hall–Kier alpha value is -3.19. The maximum atomic E-state index is 12.8. The Balaban J connectivity index is 0.000000890. The molecule has 33 heavy (non-hydrogen) atoms. The highest BCUT2D eigenvalue weighted by Crippen LogP contribution is 2.35. The summed E-state index contributed by atoms with van der Waals surface area (Å²) in [5.41, 5.74) is 3.25. The fraction of sp³-hybridized carbons (Fsp3) is 0.423. The molecule has 1 unspecified atom stereocenters. The predicted octanol–water partition coefficient (Wildman–Crippen LogP) is 4.61. The molecular weight excluding hydrogens is 422 g/mol. The summed E-state index contributed by atoms with van der Waals surface area (Å²) < 4.78 is 11.5. The number of carbonyl (C=O) groups excluding carboxylic acids is 2. The number of carboxylic acids is 1. The molecule has 0 saturated heterocycles. The maximum Gasteiger partial charge on any atom is 0.313 e. The number of hydrogen-bond acceptors (Lipinski definition) is 6. The highest BCUT2D eigenvalue weighted by molar-refractivity contribution is 6.01. The predicted molar refractivity (Wildman–Crippen MR) is 126 cm³/mol. The van der Waals surface area contributed by atoms with E-state index in [1.165, 1.54) is 0 Å². The Bertz CT molecular complexity index is 992. The molecule has 1 N–H and O–H groups in total. The Morgan fingerprint density at radius 3 is 2.39 bits per heavy atom. The number of fused-ring (bicyclic) bond motifs is 2. The van der Waals surface area contributed by atoms with Crippen LogP contribution in [0.15, 0.2) is 36.4 Å². The first kappa shape index (κ1) is 26.1. The van der Waals surface area contributed by atoms with Crippen molar-refractivity contribution < 1.29 is 29.0 Å². The van der Waals surface area contributed by atoms with E-state index < -0.39 is 11.9 Å². The number of aliphatic carboxylic acids is 1. The Kier molecular flexibility index (Phi) is 9.60. The van der Waals surface area contributed by atoms with Gasteiger partial charge >= 0.3 is 5.97 Å². The maximum absolute atomic E-state index is 12.8. The number of ether oxygens (including phenoxy) is 2. The van der Waals surface area contributed by atoms with Crippen LogP contribution in [0.5, 0.6) is 11.5 Å². The summed E-state index contributed by atoms with van der Waals surface area (Å²) in [7, 11) is 0. The number of Topliss-reactive ketones (excluding diaryl/α,β-unsaturated/α-hetero) is 1. The molecule has 7 heteroatoms. The third-order valence-electron chi connectivity index (χ3n) is 5.49. The van der Waals surface area contributed by atoms with Crippen molar-refractivity contribution in [3.63, 3.8) is 0 Å². The summed E-state index contributed by atoms with van der Waals surface area (Å²) in [6, 6.07) is 11.2. The van der Waals surface area contributed by atoms with E-state index in [0.29, 0.717) is 23.7 Å². The molecule has 0 fully saturated rings. The zero-order valence-corrected chi connectivity index (χ0v) is 20.0. The van der Waals surface area contributed by atoms with E-state index in [0.717, 1.165) is 43.2 Å². The van der Waals surface area contributed by atoms with E-state index in [-0.39, 0.29) is 18.2 Å². The topological polar surface area (TPSA) is 93.1 Å². The zero-order chi connectivity index (χ0) is 24.5. The number of likely N-dealkylation sites (N-methyl/N-ethyl adjacent to an activating group) is 1. The second-order valence-electron chi connectivity index (χ2n) is 8.00. The van der Waals surface area contributed by atoms with Gasteiger partial charge in [0.25, 0.3) is 5.97 Å². The molecule has 178 valence electrons. The summed E-state index contributed by atoms with van der Waals surface area (Å²) in [6.45, 7) is 12.0. The molecule has 1 aliphatic heterocycles. The summed E-state index contributed by atoms with van der Waals surface area (Å²) in [5, 5.41) is 7.42. The van der Waals surface area contributed by atoms with Crippen molar-refractivity contribution in [3.05, 3.63) is 58.7 Å². The van der Waals surface area contributed by atoms with Crippen LogP contribution in [0.25, 0.3) is 0 Å². The van der Waals surface area contributed by atoms with Gasteiger partial charge in [0, 0.05) is 25.5 Å². The van der Waals surface area contributed by atoms with E-state index in [9.17, 15) is 9.59 Å². The highest BCUT2D eigenvalue weighted by atomic mass is 16.5. The normalized spacial score (nSPS) is 13.0. The molecule has 1 aliphatic rings. The molecule has 2 aromatic carbocycles. The first-order chi connectivity index (χ1) is 15.7. The highest BCUT2D eigenvalue weighted by Gasteiger charge is 2.24. The molecule has 2 aromatic rings. The average Bonchev–Trinajstić information content (AvgIpc) is 2.90. The Morgan fingerprint density at radius 1 is 1.12 bits per heavy atom. The quantitative estimate of drug-likeness (QED) is 0.610. The molecule has 0 aromatic heterocycles. The molecule has 7 nitrogen and oxygen atoms in total. The van der Waals surface area contributed by atoms with Gasteiger partial charge < -0.3 is 19.5 Å². The van der Waals surface area contributed by atoms with Gasteiger partial charge in [-0.3, -0.25) is 14.4 Å². The van der Waals surface area contributed by atoms with Gasteiger partial charge in [-0.15, -0.1) is 0 Å². The Labute approximate surface area is 195 Å². The van der Waals surface area contributed by atoms with Crippen molar-refractivity contribution in [2.45, 2.75) is 47.0 Å². The first-order valence-corrected chi connectivity index (χ1v) is 11.2. The van der Waals surface area contributed by atoms with E-state index in [4.69, 9.17) is 19.4 Å². The summed E-state index contributed by atoms with van der Waals surface area (Å²) in [5.74, 6) is -0.327. The lowest BCUT2D eigenvalue weighted by atomic mass is 9.95. The second kappa shape index (κ2) is 12.2. The molecule has 0 amide bonds. The minimum atomic E-state index is -0.833. The number of esters is 1. The third-order valence-corrected chi connectivity index (χ3v) is 5.49. The van der Waals surface area contributed by atoms with Crippen molar-refractivity contribution >= 4 is 17.7 Å². The number of hydrogen-bond donors (Lipinski definition) is 1. The van der Waals surface area contributed by atoms with Crippen LogP contribution in [0.4, 0.5) is 0 Å². The lowest BCUT2D eigenvalue weighted by molar-refractivity contribution is -0.145. The lowest BCUT2D eigenvalue weighted by Gasteiger charge is -2.19. The smallest absolute Gasteiger partial charge is 0.313 e. The van der Waals surface area contributed by atoms with E-state index >= 15 is 0 Å². The van der Waals surface area contributed by atoms with Gasteiger partial charge in [-0.2, -0.15) is 0 Å². The molecule has 0 spiro atoms. The van der Waals surface area contributed by atoms with Crippen molar-refractivity contribution in [3.8, 4) is 11.5 Å². The summed E-state index contributed by atoms with van der Waals surface area (Å²) in [4.78, 5) is 36.5. The summed E-state index contributed by atoms with van der Waals surface area (Å²) >= 11 is 0. The molecular formula is C26H33NO6. The van der Waals surface area contributed by atoms with Gasteiger partial charge in [0.1, 0.15) is 18.1 Å². The summed E-state index contributed by atoms with van der Waals surface area (Å²) in [6.07, 6.45) is 0.288. The number of carbonyl (C=O) groups is 3. The number of rotatable bonds is 7. The second-order valence-corrected chi connectivity index (χ2v) is 8.00. The zero-order valence-electron chi connectivity index (χ0n) is 20.0. The van der Waals surface area contributed by atoms with Crippen LogP contribution in [0.1, 0.15) is 60.7 Å². The van der Waals surface area contributed by atoms with E-state index in [1.54, 1.807) is 12.1 Å². The van der Waals surface area contributed by atoms with Gasteiger partial charge in [0.15, 0.2) is 5.78 Å². The molecule has 0 radical (unpaired) electrons. The molecule has 1 heterocycles. The van der Waals surface area contributed by atoms with Gasteiger partial charge in [0.2, 0.25) is 0 Å². The standard InChI is InChI=1S/C24H29NO4.C2H4O2/c1-5-25(6-2)11-12-28-24(27)17(4)18-8-10-23-20(14-18)21(26)15-19-13-16(3)7-9-22(19)29-23;1-2(3)4/h7-10,13-14,17H,5-6,11-12,15H2,1-4H3;1H3,(H,3,4). The van der Waals surface area contributed by atoms with Crippen LogP contribution in [0.3, 0.4) is 0 Å². The fourth-order valence-corrected chi connectivity index (χ4v) is 3.53. The average molecular weight is 456 g/mol. The number of carboxylic acid groups (broad SMARTS) is 1. The molecule has 0 saturated carbocycles.